The average molecular weight is 308 g/mol. The van der Waals surface area contributed by atoms with Crippen molar-refractivity contribution in [1.82, 2.24) is 0 Å². The standard InChI is InChI=1S/C15H17N3S.ClH/c1-15(2,3)12-8-9-13(16)17-10-6-4-5-7-11(10)18-14(9)19-12;/h4-8,18H,1-3H3,(H2,16,17);1H. The third kappa shape index (κ3) is 2.53. The van der Waals surface area contributed by atoms with E-state index in [4.69, 9.17) is 5.73 Å². The first-order chi connectivity index (χ1) is 8.95. The molecule has 1 aromatic heterocycles. The van der Waals surface area contributed by atoms with E-state index in [2.05, 4.69) is 37.1 Å². The van der Waals surface area contributed by atoms with Gasteiger partial charge in [0.05, 0.1) is 16.9 Å². The molecule has 0 unspecified atom stereocenters. The van der Waals surface area contributed by atoms with E-state index in [1.807, 2.05) is 24.3 Å². The van der Waals surface area contributed by atoms with E-state index >= 15 is 0 Å². The number of rotatable bonds is 0. The Morgan fingerprint density at radius 1 is 1.20 bits per heavy atom. The van der Waals surface area contributed by atoms with Crippen molar-refractivity contribution in [2.75, 3.05) is 5.32 Å². The molecule has 0 saturated heterocycles. The monoisotopic (exact) mass is 307 g/mol. The van der Waals surface area contributed by atoms with Gasteiger partial charge in [-0.2, -0.15) is 0 Å². The Kier molecular flexibility index (Phi) is 3.80. The molecule has 106 valence electrons. The highest BCUT2D eigenvalue weighted by Crippen LogP contribution is 2.41. The second-order valence-electron chi connectivity index (χ2n) is 5.74. The van der Waals surface area contributed by atoms with E-state index in [1.165, 1.54) is 4.88 Å². The van der Waals surface area contributed by atoms with Crippen LogP contribution in [0.15, 0.2) is 35.3 Å². The second-order valence-corrected chi connectivity index (χ2v) is 6.79. The van der Waals surface area contributed by atoms with Crippen LogP contribution in [0, 0.1) is 0 Å². The summed E-state index contributed by atoms with van der Waals surface area (Å²) in [7, 11) is 0. The Morgan fingerprint density at radius 3 is 2.60 bits per heavy atom. The van der Waals surface area contributed by atoms with Crippen molar-refractivity contribution < 1.29 is 0 Å². The largest absolute Gasteiger partial charge is 0.383 e. The van der Waals surface area contributed by atoms with E-state index in [9.17, 15) is 0 Å². The normalized spacial score (nSPS) is 13.2. The van der Waals surface area contributed by atoms with Crippen LogP contribution >= 0.6 is 23.7 Å². The van der Waals surface area contributed by atoms with Gasteiger partial charge in [0.25, 0.3) is 0 Å². The summed E-state index contributed by atoms with van der Waals surface area (Å²) in [5, 5.41) is 4.53. The van der Waals surface area contributed by atoms with Crippen LogP contribution in [0.2, 0.25) is 0 Å². The van der Waals surface area contributed by atoms with Gasteiger partial charge in [0.2, 0.25) is 0 Å². The zero-order valence-corrected chi connectivity index (χ0v) is 13.4. The highest BCUT2D eigenvalue weighted by atomic mass is 35.5. The molecule has 1 aromatic carbocycles. The minimum Gasteiger partial charge on any atom is -0.383 e. The highest BCUT2D eigenvalue weighted by molar-refractivity contribution is 7.16. The molecule has 0 aliphatic carbocycles. The number of para-hydroxylation sites is 2. The molecule has 1 aliphatic heterocycles. The smallest absolute Gasteiger partial charge is 0.134 e. The van der Waals surface area contributed by atoms with E-state index in [-0.39, 0.29) is 17.8 Å². The topological polar surface area (TPSA) is 50.4 Å². The van der Waals surface area contributed by atoms with Crippen LogP contribution in [0.4, 0.5) is 16.4 Å². The molecule has 0 radical (unpaired) electrons. The number of nitrogens with two attached hydrogens (primary N) is 1. The van der Waals surface area contributed by atoms with Crippen molar-refractivity contribution in [3.8, 4) is 0 Å². The van der Waals surface area contributed by atoms with Gasteiger partial charge in [-0.25, -0.2) is 4.99 Å². The lowest BCUT2D eigenvalue weighted by atomic mass is 9.94. The summed E-state index contributed by atoms with van der Waals surface area (Å²) >= 11 is 1.75. The van der Waals surface area contributed by atoms with E-state index < -0.39 is 0 Å². The maximum absolute atomic E-state index is 6.13. The Hall–Kier alpha value is -1.52. The van der Waals surface area contributed by atoms with Crippen molar-refractivity contribution in [1.29, 1.82) is 0 Å². The van der Waals surface area contributed by atoms with Crippen LogP contribution in [-0.2, 0) is 5.41 Å². The van der Waals surface area contributed by atoms with Crippen LogP contribution in [0.5, 0.6) is 0 Å². The maximum atomic E-state index is 6.13. The van der Waals surface area contributed by atoms with Crippen LogP contribution < -0.4 is 11.1 Å². The number of amidine groups is 1. The molecule has 1 aliphatic rings. The molecule has 0 spiro atoms. The van der Waals surface area contributed by atoms with Gasteiger partial charge in [0.1, 0.15) is 10.8 Å². The molecule has 3 rings (SSSR count). The Morgan fingerprint density at radius 2 is 1.90 bits per heavy atom. The summed E-state index contributed by atoms with van der Waals surface area (Å²) in [6.45, 7) is 6.62. The van der Waals surface area contributed by atoms with Crippen molar-refractivity contribution in [2.45, 2.75) is 26.2 Å². The quantitative estimate of drug-likeness (QED) is 0.749. The van der Waals surface area contributed by atoms with Crippen molar-refractivity contribution in [3.05, 3.63) is 40.8 Å². The van der Waals surface area contributed by atoms with Crippen LogP contribution in [-0.4, -0.2) is 5.84 Å². The summed E-state index contributed by atoms with van der Waals surface area (Å²) in [6, 6.07) is 10.1. The first-order valence-electron chi connectivity index (χ1n) is 6.30. The summed E-state index contributed by atoms with van der Waals surface area (Å²) in [6.07, 6.45) is 0. The number of halogens is 1. The number of anilines is 2. The van der Waals surface area contributed by atoms with Gasteiger partial charge in [0.15, 0.2) is 0 Å². The number of hydrogen-bond acceptors (Lipinski definition) is 4. The van der Waals surface area contributed by atoms with Gasteiger partial charge >= 0.3 is 0 Å². The third-order valence-corrected chi connectivity index (χ3v) is 4.62. The summed E-state index contributed by atoms with van der Waals surface area (Å²) in [4.78, 5) is 5.82. The van der Waals surface area contributed by atoms with Crippen molar-refractivity contribution >= 4 is 46.0 Å². The molecular formula is C15H18ClN3S. The fraction of sp³-hybridized carbons (Fsp3) is 0.267. The number of aliphatic imine (C=N–C) groups is 1. The molecular weight excluding hydrogens is 290 g/mol. The molecule has 5 heteroatoms. The second kappa shape index (κ2) is 5.11. The molecule has 2 aromatic rings. The van der Waals surface area contributed by atoms with Gasteiger partial charge in [-0.05, 0) is 23.6 Å². The summed E-state index contributed by atoms with van der Waals surface area (Å²) < 4.78 is 0. The number of benzene rings is 1. The molecule has 0 bridgehead atoms. The Labute approximate surface area is 129 Å². The molecule has 0 amide bonds. The Balaban J connectivity index is 0.00000147. The summed E-state index contributed by atoms with van der Waals surface area (Å²) in [5.41, 5.74) is 9.16. The SMILES string of the molecule is CC(C)(C)c1cc2c(s1)Nc1ccccc1N=C2N.Cl. The molecule has 0 saturated carbocycles. The lowest BCUT2D eigenvalue weighted by Crippen LogP contribution is -2.13. The van der Waals surface area contributed by atoms with E-state index in [0.29, 0.717) is 5.84 Å². The van der Waals surface area contributed by atoms with Gasteiger partial charge in [0, 0.05) is 4.88 Å². The zero-order chi connectivity index (χ0) is 13.6. The number of hydrogen-bond donors (Lipinski definition) is 2. The predicted octanol–water partition coefficient (Wildman–Crippen LogP) is 4.56. The van der Waals surface area contributed by atoms with Crippen LogP contribution in [0.25, 0.3) is 0 Å². The van der Waals surface area contributed by atoms with Gasteiger partial charge in [-0.3, -0.25) is 0 Å². The van der Waals surface area contributed by atoms with Gasteiger partial charge in [-0.15, -0.1) is 23.7 Å². The number of fused-ring (bicyclic) bond motifs is 2. The number of nitrogens with one attached hydrogen (secondary N) is 1. The Bertz CT molecular complexity index is 668. The molecule has 0 fully saturated rings. The lowest BCUT2D eigenvalue weighted by molar-refractivity contribution is 0.604. The number of thiophene rings is 1. The molecule has 3 nitrogen and oxygen atoms in total. The number of nitrogens with zero attached hydrogens (tertiary/aromatic N) is 1. The van der Waals surface area contributed by atoms with E-state index in [0.717, 1.165) is 21.9 Å². The van der Waals surface area contributed by atoms with Crippen molar-refractivity contribution in [3.63, 3.8) is 0 Å². The fourth-order valence-corrected chi connectivity index (χ4v) is 3.17. The van der Waals surface area contributed by atoms with Crippen molar-refractivity contribution in [2.24, 2.45) is 10.7 Å². The molecule has 2 heterocycles. The van der Waals surface area contributed by atoms with Crippen LogP contribution in [0.3, 0.4) is 0 Å². The van der Waals surface area contributed by atoms with Crippen LogP contribution in [0.1, 0.15) is 31.2 Å². The highest BCUT2D eigenvalue weighted by Gasteiger charge is 2.23. The molecule has 0 atom stereocenters. The first-order valence-corrected chi connectivity index (χ1v) is 7.12. The van der Waals surface area contributed by atoms with Gasteiger partial charge < -0.3 is 11.1 Å². The summed E-state index contributed by atoms with van der Waals surface area (Å²) in [5.74, 6) is 0.583. The van der Waals surface area contributed by atoms with E-state index in [1.54, 1.807) is 11.3 Å². The zero-order valence-electron chi connectivity index (χ0n) is 11.7. The lowest BCUT2D eigenvalue weighted by Gasteiger charge is -2.15. The fourth-order valence-electron chi connectivity index (χ4n) is 2.03. The molecule has 20 heavy (non-hydrogen) atoms. The van der Waals surface area contributed by atoms with Gasteiger partial charge in [-0.1, -0.05) is 32.9 Å². The molecule has 3 N–H and O–H groups in total. The third-order valence-electron chi connectivity index (χ3n) is 3.14. The average Bonchev–Trinajstić information content (AvgIpc) is 2.70. The predicted molar refractivity (Wildman–Crippen MR) is 90.4 cm³/mol. The maximum Gasteiger partial charge on any atom is 0.134 e. The first kappa shape index (κ1) is 14.9. The minimum absolute atomic E-state index is 0. The minimum atomic E-state index is 0.